The molecule has 0 unspecified atom stereocenters. The van der Waals surface area contributed by atoms with Crippen molar-refractivity contribution in [2.45, 2.75) is 0 Å². The van der Waals surface area contributed by atoms with E-state index < -0.39 is 0 Å². The highest BCUT2D eigenvalue weighted by Crippen LogP contribution is 2.31. The number of phenols is 2. The van der Waals surface area contributed by atoms with Gasteiger partial charge in [0.15, 0.2) is 17.3 Å². The number of phenolic OH excluding ortho intramolecular Hbond substituents is 2. The molecule has 2 rings (SSSR count). The fourth-order valence-electron chi connectivity index (χ4n) is 2.03. The minimum atomic E-state index is -0.387. The first-order valence-electron chi connectivity index (χ1n) is 6.52. The minimum Gasteiger partial charge on any atom is -0.508 e. The number of carbonyl (C=O) groups excluding carboxylic acids is 1. The molecular formula is C17H16O5. The number of carbonyl (C=O) groups is 1. The molecule has 22 heavy (non-hydrogen) atoms. The minimum absolute atomic E-state index is 0.104. The molecule has 0 bridgehead atoms. The maximum Gasteiger partial charge on any atom is 0.189 e. The fraction of sp³-hybridized carbons (Fsp3) is 0.118. The quantitative estimate of drug-likeness (QED) is 0.655. The van der Waals surface area contributed by atoms with Crippen LogP contribution in [-0.4, -0.2) is 30.2 Å². The van der Waals surface area contributed by atoms with Crippen molar-refractivity contribution in [3.05, 3.63) is 53.6 Å². The molecule has 0 aliphatic carbocycles. The summed E-state index contributed by atoms with van der Waals surface area (Å²) in [5.41, 5.74) is 0.782. The Morgan fingerprint density at radius 1 is 1.09 bits per heavy atom. The fourth-order valence-corrected chi connectivity index (χ4v) is 2.03. The lowest BCUT2D eigenvalue weighted by molar-refractivity contribution is 0.104. The molecule has 0 atom stereocenters. The van der Waals surface area contributed by atoms with Gasteiger partial charge in [0.2, 0.25) is 0 Å². The summed E-state index contributed by atoms with van der Waals surface area (Å²) in [6, 6.07) is 9.13. The summed E-state index contributed by atoms with van der Waals surface area (Å²) in [4.78, 5) is 12.1. The van der Waals surface area contributed by atoms with E-state index in [1.165, 1.54) is 32.4 Å². The standard InChI is InChI=1S/C17H16O5/c1-21-16-5-3-4-11(17(16)22-2)6-9-14(19)13-8-7-12(18)10-15(13)20/h3-10,18,20H,1-2H3/b9-6+. The Morgan fingerprint density at radius 2 is 1.86 bits per heavy atom. The van der Waals surface area contributed by atoms with Crippen molar-refractivity contribution < 1.29 is 24.5 Å². The van der Waals surface area contributed by atoms with E-state index in [0.29, 0.717) is 17.1 Å². The number of para-hydroxylation sites is 1. The van der Waals surface area contributed by atoms with E-state index in [2.05, 4.69) is 0 Å². The van der Waals surface area contributed by atoms with E-state index in [1.54, 1.807) is 24.3 Å². The number of aromatic hydroxyl groups is 2. The lowest BCUT2D eigenvalue weighted by Gasteiger charge is -2.09. The Balaban J connectivity index is 2.30. The zero-order valence-corrected chi connectivity index (χ0v) is 12.2. The summed E-state index contributed by atoms with van der Waals surface area (Å²) >= 11 is 0. The SMILES string of the molecule is COc1cccc(/C=C/C(=O)c2ccc(O)cc2O)c1OC. The van der Waals surface area contributed by atoms with Crippen molar-refractivity contribution in [2.75, 3.05) is 14.2 Å². The predicted molar refractivity (Wildman–Crippen MR) is 82.7 cm³/mol. The van der Waals surface area contributed by atoms with E-state index in [1.807, 2.05) is 0 Å². The molecule has 114 valence electrons. The van der Waals surface area contributed by atoms with Gasteiger partial charge in [-0.3, -0.25) is 4.79 Å². The van der Waals surface area contributed by atoms with Gasteiger partial charge in [-0.05, 0) is 30.4 Å². The molecule has 2 aromatic rings. The molecule has 2 aromatic carbocycles. The Morgan fingerprint density at radius 3 is 2.50 bits per heavy atom. The number of hydrogen-bond acceptors (Lipinski definition) is 5. The normalized spacial score (nSPS) is 10.6. The van der Waals surface area contributed by atoms with Gasteiger partial charge in [-0.2, -0.15) is 0 Å². The van der Waals surface area contributed by atoms with E-state index in [4.69, 9.17) is 9.47 Å². The van der Waals surface area contributed by atoms with Crippen molar-refractivity contribution in [2.24, 2.45) is 0 Å². The van der Waals surface area contributed by atoms with Gasteiger partial charge >= 0.3 is 0 Å². The van der Waals surface area contributed by atoms with Gasteiger partial charge in [0, 0.05) is 11.6 Å². The van der Waals surface area contributed by atoms with Crippen LogP contribution in [0.4, 0.5) is 0 Å². The van der Waals surface area contributed by atoms with Gasteiger partial charge in [-0.1, -0.05) is 12.1 Å². The van der Waals surface area contributed by atoms with Crippen LogP contribution in [0.2, 0.25) is 0 Å². The lowest BCUT2D eigenvalue weighted by Crippen LogP contribution is -1.96. The molecule has 0 aliphatic heterocycles. The molecule has 0 saturated carbocycles. The lowest BCUT2D eigenvalue weighted by atomic mass is 10.1. The number of allylic oxidation sites excluding steroid dienone is 1. The third-order valence-electron chi connectivity index (χ3n) is 3.09. The highest BCUT2D eigenvalue weighted by atomic mass is 16.5. The van der Waals surface area contributed by atoms with Crippen molar-refractivity contribution in [1.82, 2.24) is 0 Å². The van der Waals surface area contributed by atoms with Gasteiger partial charge in [0.1, 0.15) is 11.5 Å². The molecule has 0 aromatic heterocycles. The second kappa shape index (κ2) is 6.67. The van der Waals surface area contributed by atoms with Crippen LogP contribution in [0.5, 0.6) is 23.0 Å². The second-order valence-corrected chi connectivity index (χ2v) is 4.48. The number of ketones is 1. The van der Waals surface area contributed by atoms with Crippen LogP contribution >= 0.6 is 0 Å². The molecule has 0 amide bonds. The number of hydrogen-bond donors (Lipinski definition) is 2. The Hall–Kier alpha value is -2.95. The molecule has 0 aliphatic rings. The molecule has 5 nitrogen and oxygen atoms in total. The molecule has 0 spiro atoms. The third kappa shape index (κ3) is 3.20. The van der Waals surface area contributed by atoms with Crippen molar-refractivity contribution >= 4 is 11.9 Å². The number of ether oxygens (including phenoxy) is 2. The zero-order valence-electron chi connectivity index (χ0n) is 12.2. The van der Waals surface area contributed by atoms with Gasteiger partial charge in [0.05, 0.1) is 19.8 Å². The van der Waals surface area contributed by atoms with E-state index in [0.717, 1.165) is 6.07 Å². The molecule has 2 N–H and O–H groups in total. The van der Waals surface area contributed by atoms with Crippen LogP contribution in [0.15, 0.2) is 42.5 Å². The van der Waals surface area contributed by atoms with E-state index in [9.17, 15) is 15.0 Å². The van der Waals surface area contributed by atoms with Gasteiger partial charge in [-0.15, -0.1) is 0 Å². The van der Waals surface area contributed by atoms with Crippen LogP contribution in [0.1, 0.15) is 15.9 Å². The zero-order chi connectivity index (χ0) is 16.1. The van der Waals surface area contributed by atoms with Crippen LogP contribution in [0.3, 0.4) is 0 Å². The van der Waals surface area contributed by atoms with Crippen LogP contribution in [-0.2, 0) is 0 Å². The first-order valence-corrected chi connectivity index (χ1v) is 6.52. The summed E-state index contributed by atoms with van der Waals surface area (Å²) in [5, 5.41) is 18.9. The highest BCUT2D eigenvalue weighted by Gasteiger charge is 2.10. The maximum absolute atomic E-state index is 12.1. The summed E-state index contributed by atoms with van der Waals surface area (Å²) in [6.45, 7) is 0. The molecule has 0 saturated heterocycles. The average molecular weight is 300 g/mol. The van der Waals surface area contributed by atoms with Crippen molar-refractivity contribution in [3.8, 4) is 23.0 Å². The van der Waals surface area contributed by atoms with Crippen LogP contribution in [0.25, 0.3) is 6.08 Å². The largest absolute Gasteiger partial charge is 0.508 e. The number of benzene rings is 2. The third-order valence-corrected chi connectivity index (χ3v) is 3.09. The molecule has 0 heterocycles. The number of methoxy groups -OCH3 is 2. The monoisotopic (exact) mass is 300 g/mol. The molecule has 5 heteroatoms. The first kappa shape index (κ1) is 15.4. The predicted octanol–water partition coefficient (Wildman–Crippen LogP) is 3.01. The van der Waals surface area contributed by atoms with Gasteiger partial charge in [0.25, 0.3) is 0 Å². The first-order chi connectivity index (χ1) is 10.6. The smallest absolute Gasteiger partial charge is 0.189 e. The summed E-state index contributed by atoms with van der Waals surface area (Å²) in [5.74, 6) is 0.315. The number of rotatable bonds is 5. The highest BCUT2D eigenvalue weighted by molar-refractivity contribution is 6.08. The van der Waals surface area contributed by atoms with Crippen molar-refractivity contribution in [1.29, 1.82) is 0 Å². The molecular weight excluding hydrogens is 284 g/mol. The average Bonchev–Trinajstić information content (AvgIpc) is 2.51. The second-order valence-electron chi connectivity index (χ2n) is 4.48. The molecule has 0 radical (unpaired) electrons. The summed E-state index contributed by atoms with van der Waals surface area (Å²) in [7, 11) is 3.05. The Bertz CT molecular complexity index is 719. The summed E-state index contributed by atoms with van der Waals surface area (Å²) in [6.07, 6.45) is 2.90. The maximum atomic E-state index is 12.1. The Labute approximate surface area is 128 Å². The van der Waals surface area contributed by atoms with Gasteiger partial charge < -0.3 is 19.7 Å². The molecule has 0 fully saturated rings. The van der Waals surface area contributed by atoms with Gasteiger partial charge in [-0.25, -0.2) is 0 Å². The topological polar surface area (TPSA) is 76.0 Å². The summed E-state index contributed by atoms with van der Waals surface area (Å²) < 4.78 is 10.5. The van der Waals surface area contributed by atoms with E-state index >= 15 is 0 Å². The van der Waals surface area contributed by atoms with Crippen LogP contribution in [0, 0.1) is 0 Å². The van der Waals surface area contributed by atoms with E-state index in [-0.39, 0.29) is 22.8 Å². The Kier molecular flexibility index (Phi) is 4.68. The van der Waals surface area contributed by atoms with Crippen molar-refractivity contribution in [3.63, 3.8) is 0 Å². The van der Waals surface area contributed by atoms with Crippen LogP contribution < -0.4 is 9.47 Å².